The summed E-state index contributed by atoms with van der Waals surface area (Å²) in [6, 6.07) is 8.15. The number of hydrogen-bond donors (Lipinski definition) is 2. The van der Waals surface area contributed by atoms with Gasteiger partial charge in [0.05, 0.1) is 6.54 Å². The van der Waals surface area contributed by atoms with Crippen LogP contribution < -0.4 is 11.1 Å². The van der Waals surface area contributed by atoms with Gasteiger partial charge in [-0.2, -0.15) is 0 Å². The number of carbonyl (C=O) groups is 1. The van der Waals surface area contributed by atoms with Gasteiger partial charge in [0.15, 0.2) is 0 Å². The van der Waals surface area contributed by atoms with Crippen molar-refractivity contribution in [2.75, 3.05) is 25.0 Å². The van der Waals surface area contributed by atoms with Crippen LogP contribution in [0.25, 0.3) is 0 Å². The number of nitrogens with one attached hydrogen (secondary N) is 1. The predicted molar refractivity (Wildman–Crippen MR) is 89.9 cm³/mol. The summed E-state index contributed by atoms with van der Waals surface area (Å²) in [5, 5.41) is 2.95. The molecule has 1 unspecified atom stereocenters. The van der Waals surface area contributed by atoms with Crippen molar-refractivity contribution in [2.45, 2.75) is 32.7 Å². The number of aryl methyl sites for hydroxylation is 1. The maximum absolute atomic E-state index is 12.0. The average Bonchev–Trinajstić information content (AvgIpc) is 2.42. The van der Waals surface area contributed by atoms with Crippen LogP contribution in [0.5, 0.6) is 0 Å². The molecule has 0 radical (unpaired) electrons. The Labute approximate surface area is 133 Å². The van der Waals surface area contributed by atoms with E-state index in [1.54, 1.807) is 0 Å². The number of anilines is 1. The number of amides is 1. The largest absolute Gasteiger partial charge is 0.328 e. The lowest BCUT2D eigenvalue weighted by molar-refractivity contribution is -0.117. The van der Waals surface area contributed by atoms with Crippen LogP contribution >= 0.6 is 12.4 Å². The molecule has 0 aromatic heterocycles. The van der Waals surface area contributed by atoms with E-state index in [0.717, 1.165) is 31.6 Å². The van der Waals surface area contributed by atoms with E-state index in [0.29, 0.717) is 12.5 Å². The van der Waals surface area contributed by atoms with Crippen molar-refractivity contribution in [1.82, 2.24) is 4.90 Å². The number of hydrogen-bond acceptors (Lipinski definition) is 3. The molecule has 1 aliphatic heterocycles. The number of carbonyl (C=O) groups excluding carboxylic acids is 1. The molecule has 0 bridgehead atoms. The molecule has 4 nitrogen and oxygen atoms in total. The third kappa shape index (κ3) is 5.65. The molecule has 118 valence electrons. The monoisotopic (exact) mass is 311 g/mol. The molecule has 3 N–H and O–H groups in total. The van der Waals surface area contributed by atoms with Crippen LogP contribution in [0.4, 0.5) is 5.69 Å². The minimum atomic E-state index is 0. The van der Waals surface area contributed by atoms with E-state index < -0.39 is 0 Å². The lowest BCUT2D eigenvalue weighted by Crippen LogP contribution is -2.42. The molecule has 1 amide bonds. The summed E-state index contributed by atoms with van der Waals surface area (Å²) in [5.74, 6) is 0.666. The van der Waals surface area contributed by atoms with Crippen LogP contribution in [0.3, 0.4) is 0 Å². The maximum atomic E-state index is 12.0. The molecule has 1 aromatic carbocycles. The predicted octanol–water partition coefficient (Wildman–Crippen LogP) is 2.41. The second-order valence-corrected chi connectivity index (χ2v) is 5.89. The van der Waals surface area contributed by atoms with Crippen LogP contribution in [-0.4, -0.2) is 36.5 Å². The number of nitrogens with two attached hydrogens (primary N) is 1. The zero-order valence-corrected chi connectivity index (χ0v) is 13.7. The van der Waals surface area contributed by atoms with E-state index in [2.05, 4.69) is 17.1 Å². The van der Waals surface area contributed by atoms with Gasteiger partial charge in [-0.15, -0.1) is 12.4 Å². The maximum Gasteiger partial charge on any atom is 0.238 e. The Morgan fingerprint density at radius 1 is 1.33 bits per heavy atom. The minimum absolute atomic E-state index is 0. The Bertz CT molecular complexity index is 439. The molecule has 1 aromatic rings. The smallest absolute Gasteiger partial charge is 0.238 e. The summed E-state index contributed by atoms with van der Waals surface area (Å²) in [7, 11) is 0. The minimum Gasteiger partial charge on any atom is -0.328 e. The van der Waals surface area contributed by atoms with Crippen molar-refractivity contribution in [2.24, 2.45) is 11.7 Å². The highest BCUT2D eigenvalue weighted by Crippen LogP contribution is 2.19. The molecule has 1 atom stereocenters. The van der Waals surface area contributed by atoms with Crippen LogP contribution in [-0.2, 0) is 4.79 Å². The first kappa shape index (κ1) is 18.0. The van der Waals surface area contributed by atoms with Crippen molar-refractivity contribution < 1.29 is 4.79 Å². The number of halogens is 1. The quantitative estimate of drug-likeness (QED) is 0.898. The van der Waals surface area contributed by atoms with Crippen molar-refractivity contribution in [3.8, 4) is 0 Å². The van der Waals surface area contributed by atoms with Gasteiger partial charge in [-0.3, -0.25) is 9.69 Å². The molecular formula is C16H26ClN3O. The van der Waals surface area contributed by atoms with Gasteiger partial charge in [0.25, 0.3) is 0 Å². The van der Waals surface area contributed by atoms with Crippen molar-refractivity contribution in [1.29, 1.82) is 0 Å². The number of nitrogens with zero attached hydrogens (tertiary/aromatic N) is 1. The fourth-order valence-electron chi connectivity index (χ4n) is 2.68. The number of benzene rings is 1. The van der Waals surface area contributed by atoms with Crippen molar-refractivity contribution in [3.05, 3.63) is 29.8 Å². The first-order chi connectivity index (χ1) is 9.54. The molecule has 1 saturated heterocycles. The summed E-state index contributed by atoms with van der Waals surface area (Å²) >= 11 is 0. The standard InChI is InChI=1S/C16H25N3O.ClH/c1-12-3-5-15(6-4-12)18-16(20)11-19-9-7-14(8-10-19)13(2)17;/h3-6,13-14H,7-11,17H2,1-2H3,(H,18,20);1H. The highest BCUT2D eigenvalue weighted by atomic mass is 35.5. The van der Waals surface area contributed by atoms with E-state index in [1.807, 2.05) is 31.2 Å². The fourth-order valence-corrected chi connectivity index (χ4v) is 2.68. The van der Waals surface area contributed by atoms with Gasteiger partial charge in [-0.25, -0.2) is 0 Å². The summed E-state index contributed by atoms with van der Waals surface area (Å²) in [4.78, 5) is 14.2. The summed E-state index contributed by atoms with van der Waals surface area (Å²) < 4.78 is 0. The van der Waals surface area contributed by atoms with Gasteiger partial charge in [-0.1, -0.05) is 17.7 Å². The third-order valence-corrected chi connectivity index (χ3v) is 4.08. The van der Waals surface area contributed by atoms with Crippen LogP contribution in [0.15, 0.2) is 24.3 Å². The van der Waals surface area contributed by atoms with Gasteiger partial charge < -0.3 is 11.1 Å². The second-order valence-electron chi connectivity index (χ2n) is 5.89. The summed E-state index contributed by atoms with van der Waals surface area (Å²) in [6.45, 7) is 6.51. The summed E-state index contributed by atoms with van der Waals surface area (Å²) in [6.07, 6.45) is 2.19. The lowest BCUT2D eigenvalue weighted by atomic mass is 9.91. The highest BCUT2D eigenvalue weighted by molar-refractivity contribution is 5.92. The molecule has 1 aliphatic rings. The van der Waals surface area contributed by atoms with Gasteiger partial charge in [0.1, 0.15) is 0 Å². The fraction of sp³-hybridized carbons (Fsp3) is 0.562. The number of likely N-dealkylation sites (tertiary alicyclic amines) is 1. The van der Waals surface area contributed by atoms with Gasteiger partial charge in [0.2, 0.25) is 5.91 Å². The topological polar surface area (TPSA) is 58.4 Å². The Morgan fingerprint density at radius 2 is 1.90 bits per heavy atom. The molecular weight excluding hydrogens is 286 g/mol. The van der Waals surface area contributed by atoms with E-state index in [-0.39, 0.29) is 24.4 Å². The van der Waals surface area contributed by atoms with Crippen LogP contribution in [0, 0.1) is 12.8 Å². The third-order valence-electron chi connectivity index (χ3n) is 4.08. The molecule has 1 heterocycles. The SMILES string of the molecule is Cc1ccc(NC(=O)CN2CCC(C(C)N)CC2)cc1.Cl. The Hall–Kier alpha value is -1.10. The lowest BCUT2D eigenvalue weighted by Gasteiger charge is -2.33. The van der Waals surface area contributed by atoms with E-state index in [9.17, 15) is 4.79 Å². The Balaban J connectivity index is 0.00000220. The van der Waals surface area contributed by atoms with E-state index in [4.69, 9.17) is 5.73 Å². The first-order valence-electron chi connectivity index (χ1n) is 7.39. The van der Waals surface area contributed by atoms with Crippen LogP contribution in [0.2, 0.25) is 0 Å². The first-order valence-corrected chi connectivity index (χ1v) is 7.39. The number of piperidine rings is 1. The van der Waals surface area contributed by atoms with Gasteiger partial charge in [-0.05, 0) is 57.8 Å². The molecule has 0 spiro atoms. The van der Waals surface area contributed by atoms with Crippen molar-refractivity contribution >= 4 is 24.0 Å². The van der Waals surface area contributed by atoms with E-state index >= 15 is 0 Å². The normalized spacial score (nSPS) is 17.9. The zero-order valence-electron chi connectivity index (χ0n) is 12.8. The second kappa shape index (κ2) is 8.37. The van der Waals surface area contributed by atoms with E-state index in [1.165, 1.54) is 5.56 Å². The Morgan fingerprint density at radius 3 is 2.43 bits per heavy atom. The number of rotatable bonds is 4. The zero-order chi connectivity index (χ0) is 14.5. The van der Waals surface area contributed by atoms with Gasteiger partial charge in [0, 0.05) is 11.7 Å². The molecule has 0 aliphatic carbocycles. The average molecular weight is 312 g/mol. The van der Waals surface area contributed by atoms with Crippen molar-refractivity contribution in [3.63, 3.8) is 0 Å². The summed E-state index contributed by atoms with van der Waals surface area (Å²) in [5.41, 5.74) is 7.99. The molecule has 21 heavy (non-hydrogen) atoms. The molecule has 1 fully saturated rings. The Kier molecular flexibility index (Phi) is 7.15. The molecule has 5 heteroatoms. The molecule has 0 saturated carbocycles. The molecule has 2 rings (SSSR count). The van der Waals surface area contributed by atoms with Gasteiger partial charge >= 0.3 is 0 Å². The highest BCUT2D eigenvalue weighted by Gasteiger charge is 2.22. The van der Waals surface area contributed by atoms with Crippen LogP contribution in [0.1, 0.15) is 25.3 Å².